The monoisotopic (exact) mass is 303 g/mol. The average Bonchev–Trinajstić information content (AvgIpc) is 2.32. The summed E-state index contributed by atoms with van der Waals surface area (Å²) in [6, 6.07) is 6.82. The molecular weight excluding hydrogens is 286 g/mol. The molecule has 19 heavy (non-hydrogen) atoms. The van der Waals surface area contributed by atoms with Crippen molar-refractivity contribution < 1.29 is 13.2 Å². The Balaban J connectivity index is 2.42. The highest BCUT2D eigenvalue weighted by molar-refractivity contribution is 7.90. The lowest BCUT2D eigenvalue weighted by Crippen LogP contribution is -2.27. The molecule has 0 N–H and O–H groups in total. The molecule has 0 aliphatic carbocycles. The van der Waals surface area contributed by atoms with Gasteiger partial charge in [-0.3, -0.25) is 4.79 Å². The van der Waals surface area contributed by atoms with Crippen LogP contribution in [-0.4, -0.2) is 51.2 Å². The fourth-order valence-electron chi connectivity index (χ4n) is 1.53. The fourth-order valence-corrected chi connectivity index (χ4v) is 2.37. The predicted octanol–water partition coefficient (Wildman–Crippen LogP) is 1.89. The van der Waals surface area contributed by atoms with Gasteiger partial charge in [-0.2, -0.15) is 0 Å². The van der Waals surface area contributed by atoms with Crippen LogP contribution in [-0.2, 0) is 9.84 Å². The Labute approximate surface area is 119 Å². The first-order valence-electron chi connectivity index (χ1n) is 5.93. The van der Waals surface area contributed by atoms with E-state index in [0.29, 0.717) is 30.1 Å². The lowest BCUT2D eigenvalue weighted by molar-refractivity contribution is 0.0970. The van der Waals surface area contributed by atoms with Gasteiger partial charge in [0.1, 0.15) is 9.84 Å². The number of carbonyl (C=O) groups is 1. The minimum atomic E-state index is -2.96. The summed E-state index contributed by atoms with van der Waals surface area (Å²) in [5.74, 6) is 0.114. The van der Waals surface area contributed by atoms with Crippen molar-refractivity contribution in [2.75, 3.05) is 32.1 Å². The van der Waals surface area contributed by atoms with E-state index in [-0.39, 0.29) is 11.5 Å². The molecule has 1 rings (SSSR count). The molecule has 1 aromatic carbocycles. The molecular formula is C13H18ClNO3S. The van der Waals surface area contributed by atoms with Crippen LogP contribution in [0.2, 0.25) is 5.02 Å². The van der Waals surface area contributed by atoms with Gasteiger partial charge in [0.2, 0.25) is 0 Å². The molecule has 0 radical (unpaired) electrons. The number of halogens is 1. The van der Waals surface area contributed by atoms with Crippen molar-refractivity contribution >= 4 is 27.2 Å². The molecule has 106 valence electrons. The Bertz CT molecular complexity index is 543. The standard InChI is InChI=1S/C13H18ClNO3S/c1-15(8-9-19(2,17)18)7-6-13(16)11-4-3-5-12(14)10-11/h3-5,10H,6-9H2,1-2H3. The normalized spacial score (nSPS) is 11.8. The summed E-state index contributed by atoms with van der Waals surface area (Å²) in [6.45, 7) is 0.961. The van der Waals surface area contributed by atoms with Gasteiger partial charge >= 0.3 is 0 Å². The fraction of sp³-hybridized carbons (Fsp3) is 0.462. The molecule has 0 unspecified atom stereocenters. The molecule has 0 spiro atoms. The van der Waals surface area contributed by atoms with Gasteiger partial charge in [-0.05, 0) is 19.2 Å². The molecule has 6 heteroatoms. The second-order valence-electron chi connectivity index (χ2n) is 4.62. The van der Waals surface area contributed by atoms with E-state index >= 15 is 0 Å². The number of carbonyl (C=O) groups excluding carboxylic acids is 1. The summed E-state index contributed by atoms with van der Waals surface area (Å²) in [5, 5.41) is 0.538. The second-order valence-corrected chi connectivity index (χ2v) is 7.31. The summed E-state index contributed by atoms with van der Waals surface area (Å²) in [5.41, 5.74) is 0.587. The van der Waals surface area contributed by atoms with Crippen LogP contribution in [0.5, 0.6) is 0 Å². The van der Waals surface area contributed by atoms with Gasteiger partial charge in [-0.1, -0.05) is 23.7 Å². The van der Waals surface area contributed by atoms with Gasteiger partial charge in [-0.25, -0.2) is 8.42 Å². The maximum absolute atomic E-state index is 11.9. The molecule has 0 aliphatic rings. The molecule has 0 heterocycles. The van der Waals surface area contributed by atoms with Crippen molar-refractivity contribution in [1.82, 2.24) is 4.90 Å². The highest BCUT2D eigenvalue weighted by Gasteiger charge is 2.09. The zero-order valence-electron chi connectivity index (χ0n) is 11.1. The van der Waals surface area contributed by atoms with Crippen LogP contribution in [0.1, 0.15) is 16.8 Å². The molecule has 0 amide bonds. The summed E-state index contributed by atoms with van der Waals surface area (Å²) in [7, 11) is -1.16. The zero-order valence-corrected chi connectivity index (χ0v) is 12.7. The van der Waals surface area contributed by atoms with Crippen LogP contribution in [0.25, 0.3) is 0 Å². The van der Waals surface area contributed by atoms with Crippen molar-refractivity contribution in [3.63, 3.8) is 0 Å². The van der Waals surface area contributed by atoms with E-state index in [0.717, 1.165) is 0 Å². The zero-order chi connectivity index (χ0) is 14.5. The Morgan fingerprint density at radius 2 is 2.00 bits per heavy atom. The van der Waals surface area contributed by atoms with E-state index in [4.69, 9.17) is 11.6 Å². The Kier molecular flexibility index (Phi) is 5.97. The van der Waals surface area contributed by atoms with Crippen LogP contribution < -0.4 is 0 Å². The molecule has 1 aromatic rings. The van der Waals surface area contributed by atoms with Crippen LogP contribution in [0.3, 0.4) is 0 Å². The topological polar surface area (TPSA) is 54.5 Å². The van der Waals surface area contributed by atoms with Crippen molar-refractivity contribution in [2.24, 2.45) is 0 Å². The van der Waals surface area contributed by atoms with E-state index in [1.807, 2.05) is 4.90 Å². The van der Waals surface area contributed by atoms with Crippen LogP contribution in [0, 0.1) is 0 Å². The van der Waals surface area contributed by atoms with Crippen molar-refractivity contribution in [3.05, 3.63) is 34.9 Å². The summed E-state index contributed by atoms with van der Waals surface area (Å²) < 4.78 is 22.0. The molecule has 0 aromatic heterocycles. The van der Waals surface area contributed by atoms with E-state index < -0.39 is 9.84 Å². The molecule has 0 bridgehead atoms. The molecule has 4 nitrogen and oxygen atoms in total. The average molecular weight is 304 g/mol. The third-order valence-corrected chi connectivity index (χ3v) is 3.87. The minimum Gasteiger partial charge on any atom is -0.305 e. The lowest BCUT2D eigenvalue weighted by Gasteiger charge is -2.15. The van der Waals surface area contributed by atoms with E-state index in [1.54, 1.807) is 31.3 Å². The number of hydrogen-bond donors (Lipinski definition) is 0. The minimum absolute atomic E-state index is 0.00806. The van der Waals surface area contributed by atoms with Crippen LogP contribution in [0.4, 0.5) is 0 Å². The third-order valence-electron chi connectivity index (χ3n) is 2.71. The quantitative estimate of drug-likeness (QED) is 0.722. The number of Topliss-reactive ketones (excluding diaryl/α,β-unsaturated/α-hetero) is 1. The summed E-state index contributed by atoms with van der Waals surface area (Å²) >= 11 is 5.82. The molecule has 0 saturated heterocycles. The number of sulfone groups is 1. The first-order valence-corrected chi connectivity index (χ1v) is 8.37. The maximum Gasteiger partial charge on any atom is 0.164 e. The van der Waals surface area contributed by atoms with E-state index in [2.05, 4.69) is 0 Å². The molecule has 0 aliphatic heterocycles. The van der Waals surface area contributed by atoms with Gasteiger partial charge in [0, 0.05) is 36.4 Å². The molecule has 0 saturated carbocycles. The first-order chi connectivity index (χ1) is 8.78. The van der Waals surface area contributed by atoms with Gasteiger partial charge in [0.15, 0.2) is 5.78 Å². The Hall–Kier alpha value is -0.910. The molecule has 0 atom stereocenters. The maximum atomic E-state index is 11.9. The number of ketones is 1. The van der Waals surface area contributed by atoms with Crippen LogP contribution in [0.15, 0.2) is 24.3 Å². The number of nitrogens with zero attached hydrogens (tertiary/aromatic N) is 1. The van der Waals surface area contributed by atoms with Gasteiger partial charge in [0.05, 0.1) is 5.75 Å². The largest absolute Gasteiger partial charge is 0.305 e. The Morgan fingerprint density at radius 3 is 2.58 bits per heavy atom. The van der Waals surface area contributed by atoms with Gasteiger partial charge in [-0.15, -0.1) is 0 Å². The van der Waals surface area contributed by atoms with Gasteiger partial charge in [0.25, 0.3) is 0 Å². The smallest absolute Gasteiger partial charge is 0.164 e. The van der Waals surface area contributed by atoms with Crippen molar-refractivity contribution in [3.8, 4) is 0 Å². The highest BCUT2D eigenvalue weighted by Crippen LogP contribution is 2.12. The number of benzene rings is 1. The molecule has 0 fully saturated rings. The predicted molar refractivity (Wildman–Crippen MR) is 77.6 cm³/mol. The SMILES string of the molecule is CN(CCC(=O)c1cccc(Cl)c1)CCS(C)(=O)=O. The Morgan fingerprint density at radius 1 is 1.32 bits per heavy atom. The second kappa shape index (κ2) is 7.03. The van der Waals surface area contributed by atoms with Gasteiger partial charge < -0.3 is 4.90 Å². The van der Waals surface area contributed by atoms with E-state index in [9.17, 15) is 13.2 Å². The summed E-state index contributed by atoms with van der Waals surface area (Å²) in [6.07, 6.45) is 1.55. The third kappa shape index (κ3) is 6.71. The number of rotatable bonds is 7. The number of hydrogen-bond acceptors (Lipinski definition) is 4. The lowest BCUT2D eigenvalue weighted by atomic mass is 10.1. The van der Waals surface area contributed by atoms with Crippen molar-refractivity contribution in [2.45, 2.75) is 6.42 Å². The summed E-state index contributed by atoms with van der Waals surface area (Å²) in [4.78, 5) is 13.7. The van der Waals surface area contributed by atoms with E-state index in [1.165, 1.54) is 6.26 Å². The highest BCUT2D eigenvalue weighted by atomic mass is 35.5. The van der Waals surface area contributed by atoms with Crippen LogP contribution >= 0.6 is 11.6 Å². The first kappa shape index (κ1) is 16.1. The van der Waals surface area contributed by atoms with Crippen molar-refractivity contribution in [1.29, 1.82) is 0 Å².